The molecule has 2 aromatic rings. The lowest BCUT2D eigenvalue weighted by molar-refractivity contribution is 0.0685. The Balaban J connectivity index is 2.20. The van der Waals surface area contributed by atoms with Crippen molar-refractivity contribution >= 4 is 33.5 Å². The molecule has 0 amide bonds. The number of nitrogens with zero attached hydrogens (tertiary/aromatic N) is 1. The minimum atomic E-state index is -0.899. The fourth-order valence-corrected chi connectivity index (χ4v) is 2.84. The molecule has 19 heavy (non-hydrogen) atoms. The van der Waals surface area contributed by atoms with Gasteiger partial charge >= 0.3 is 5.97 Å². The molecule has 1 aromatic carbocycles. The van der Waals surface area contributed by atoms with Crippen molar-refractivity contribution in [2.75, 3.05) is 0 Å². The smallest absolute Gasteiger partial charge is 0.352 e. The van der Waals surface area contributed by atoms with Crippen LogP contribution in [0.2, 0.25) is 5.02 Å². The van der Waals surface area contributed by atoms with Gasteiger partial charge in [0, 0.05) is 21.1 Å². The maximum atomic E-state index is 11.3. The van der Waals surface area contributed by atoms with Crippen LogP contribution in [0.3, 0.4) is 0 Å². The highest BCUT2D eigenvalue weighted by Crippen LogP contribution is 2.42. The molecule has 3 rings (SSSR count). The van der Waals surface area contributed by atoms with Crippen LogP contribution in [0.1, 0.15) is 29.4 Å². The molecular weight excluding hydrogens is 330 g/mol. The Kier molecular flexibility index (Phi) is 3.15. The molecule has 0 spiro atoms. The van der Waals surface area contributed by atoms with E-state index in [-0.39, 0.29) is 6.04 Å². The van der Waals surface area contributed by atoms with E-state index in [1.165, 1.54) is 0 Å². The second kappa shape index (κ2) is 4.69. The van der Waals surface area contributed by atoms with Gasteiger partial charge in [0.15, 0.2) is 0 Å². The van der Waals surface area contributed by atoms with Crippen molar-refractivity contribution in [2.45, 2.75) is 18.9 Å². The molecule has 0 atom stereocenters. The maximum Gasteiger partial charge on any atom is 0.352 e. The summed E-state index contributed by atoms with van der Waals surface area (Å²) in [4.78, 5) is 11.3. The summed E-state index contributed by atoms with van der Waals surface area (Å²) in [5.74, 6) is -0.899. The lowest BCUT2D eigenvalue weighted by Crippen LogP contribution is -2.08. The van der Waals surface area contributed by atoms with Gasteiger partial charge in [-0.1, -0.05) is 27.5 Å². The molecule has 1 saturated carbocycles. The van der Waals surface area contributed by atoms with Crippen LogP contribution in [-0.4, -0.2) is 15.6 Å². The van der Waals surface area contributed by atoms with E-state index < -0.39 is 5.97 Å². The van der Waals surface area contributed by atoms with Crippen molar-refractivity contribution in [3.8, 4) is 11.3 Å². The zero-order chi connectivity index (χ0) is 13.6. The van der Waals surface area contributed by atoms with E-state index in [9.17, 15) is 9.90 Å². The average Bonchev–Trinajstić information content (AvgIpc) is 3.11. The molecule has 1 N–H and O–H groups in total. The average molecular weight is 341 g/mol. The number of hydrogen-bond acceptors (Lipinski definition) is 1. The molecule has 3 nitrogen and oxygen atoms in total. The standard InChI is InChI=1S/C14H11BrClNO2/c15-8-1-4-11(16)10(7-8)12-5-6-13(14(18)19)17(12)9-2-3-9/h1,4-7,9H,2-3H2,(H,18,19). The molecule has 98 valence electrons. The molecular formula is C14H11BrClNO2. The van der Waals surface area contributed by atoms with E-state index in [1.54, 1.807) is 6.07 Å². The van der Waals surface area contributed by atoms with Crippen LogP contribution in [0.4, 0.5) is 0 Å². The summed E-state index contributed by atoms with van der Waals surface area (Å²) in [6.07, 6.45) is 2.04. The van der Waals surface area contributed by atoms with Gasteiger partial charge in [0.05, 0.1) is 5.69 Å². The lowest BCUT2D eigenvalue weighted by Gasteiger charge is -2.12. The minimum Gasteiger partial charge on any atom is -0.477 e. The largest absolute Gasteiger partial charge is 0.477 e. The summed E-state index contributed by atoms with van der Waals surface area (Å²) in [6.45, 7) is 0. The van der Waals surface area contributed by atoms with Crippen LogP contribution in [0.5, 0.6) is 0 Å². The Hall–Kier alpha value is -1.26. The van der Waals surface area contributed by atoms with E-state index in [0.717, 1.165) is 28.6 Å². The van der Waals surface area contributed by atoms with E-state index in [1.807, 2.05) is 28.8 Å². The molecule has 1 fully saturated rings. The molecule has 0 aliphatic heterocycles. The Morgan fingerprint density at radius 3 is 2.68 bits per heavy atom. The number of halogens is 2. The normalized spacial score (nSPS) is 14.6. The van der Waals surface area contributed by atoms with Gasteiger partial charge in [-0.25, -0.2) is 4.79 Å². The topological polar surface area (TPSA) is 42.2 Å². The Labute approximate surface area is 123 Å². The predicted molar refractivity (Wildman–Crippen MR) is 77.8 cm³/mol. The number of aromatic carboxylic acids is 1. The molecule has 1 aliphatic carbocycles. The maximum absolute atomic E-state index is 11.3. The summed E-state index contributed by atoms with van der Waals surface area (Å²) < 4.78 is 2.81. The Morgan fingerprint density at radius 2 is 2.05 bits per heavy atom. The second-order valence-corrected chi connectivity index (χ2v) is 5.96. The van der Waals surface area contributed by atoms with Crippen molar-refractivity contribution in [2.24, 2.45) is 0 Å². The van der Waals surface area contributed by atoms with Gasteiger partial charge in [-0.3, -0.25) is 0 Å². The quantitative estimate of drug-likeness (QED) is 0.887. The lowest BCUT2D eigenvalue weighted by atomic mass is 10.1. The van der Waals surface area contributed by atoms with Crippen LogP contribution in [0, 0.1) is 0 Å². The van der Waals surface area contributed by atoms with Gasteiger partial charge in [-0.15, -0.1) is 0 Å². The number of hydrogen-bond donors (Lipinski definition) is 1. The third-order valence-corrected chi connectivity index (χ3v) is 4.08. The van der Waals surface area contributed by atoms with Gasteiger partial charge in [0.2, 0.25) is 0 Å². The summed E-state index contributed by atoms with van der Waals surface area (Å²) in [6, 6.07) is 9.36. The first-order valence-electron chi connectivity index (χ1n) is 5.98. The third kappa shape index (κ3) is 2.30. The molecule has 0 bridgehead atoms. The van der Waals surface area contributed by atoms with E-state index in [4.69, 9.17) is 11.6 Å². The third-order valence-electron chi connectivity index (χ3n) is 3.25. The SMILES string of the molecule is O=C(O)c1ccc(-c2cc(Br)ccc2Cl)n1C1CC1. The molecule has 5 heteroatoms. The number of rotatable bonds is 3. The second-order valence-electron chi connectivity index (χ2n) is 4.63. The zero-order valence-electron chi connectivity index (χ0n) is 9.94. The summed E-state index contributed by atoms with van der Waals surface area (Å²) >= 11 is 9.66. The fourth-order valence-electron chi connectivity index (χ4n) is 2.26. The Morgan fingerprint density at radius 1 is 1.32 bits per heavy atom. The van der Waals surface area contributed by atoms with Gasteiger partial charge in [0.1, 0.15) is 5.69 Å². The number of aromatic nitrogens is 1. The van der Waals surface area contributed by atoms with E-state index >= 15 is 0 Å². The van der Waals surface area contributed by atoms with Gasteiger partial charge in [-0.05, 0) is 43.2 Å². The first kappa shape index (κ1) is 12.8. The number of carboxylic acid groups (broad SMARTS) is 1. The van der Waals surface area contributed by atoms with Crippen LogP contribution in [0.15, 0.2) is 34.8 Å². The minimum absolute atomic E-state index is 0.283. The summed E-state index contributed by atoms with van der Waals surface area (Å²) in [5.41, 5.74) is 2.05. The molecule has 1 heterocycles. The van der Waals surface area contributed by atoms with Crippen molar-refractivity contribution in [1.29, 1.82) is 0 Å². The molecule has 1 aliphatic rings. The van der Waals surface area contributed by atoms with Gasteiger partial charge in [0.25, 0.3) is 0 Å². The first-order valence-corrected chi connectivity index (χ1v) is 7.15. The number of benzene rings is 1. The number of carbonyl (C=O) groups is 1. The highest BCUT2D eigenvalue weighted by atomic mass is 79.9. The fraction of sp³-hybridized carbons (Fsp3) is 0.214. The van der Waals surface area contributed by atoms with Crippen molar-refractivity contribution < 1.29 is 9.90 Å². The van der Waals surface area contributed by atoms with Crippen LogP contribution in [-0.2, 0) is 0 Å². The Bertz CT molecular complexity index is 661. The molecule has 0 radical (unpaired) electrons. The highest BCUT2D eigenvalue weighted by Gasteiger charge is 2.30. The summed E-state index contributed by atoms with van der Waals surface area (Å²) in [5, 5.41) is 9.89. The van der Waals surface area contributed by atoms with Crippen LogP contribution >= 0.6 is 27.5 Å². The molecule has 0 unspecified atom stereocenters. The van der Waals surface area contributed by atoms with Crippen molar-refractivity contribution in [3.05, 3.63) is 45.5 Å². The first-order chi connectivity index (χ1) is 9.08. The van der Waals surface area contributed by atoms with E-state index in [2.05, 4.69) is 15.9 Å². The monoisotopic (exact) mass is 339 g/mol. The molecule has 1 aromatic heterocycles. The predicted octanol–water partition coefficient (Wildman–Crippen LogP) is 4.60. The van der Waals surface area contributed by atoms with Crippen LogP contribution in [0.25, 0.3) is 11.3 Å². The van der Waals surface area contributed by atoms with E-state index in [0.29, 0.717) is 10.7 Å². The highest BCUT2D eigenvalue weighted by molar-refractivity contribution is 9.10. The van der Waals surface area contributed by atoms with Gasteiger partial charge in [-0.2, -0.15) is 0 Å². The summed E-state index contributed by atoms with van der Waals surface area (Å²) in [7, 11) is 0. The van der Waals surface area contributed by atoms with Crippen molar-refractivity contribution in [1.82, 2.24) is 4.57 Å². The van der Waals surface area contributed by atoms with Crippen molar-refractivity contribution in [3.63, 3.8) is 0 Å². The molecule has 0 saturated heterocycles. The van der Waals surface area contributed by atoms with Gasteiger partial charge < -0.3 is 9.67 Å². The van der Waals surface area contributed by atoms with Crippen LogP contribution < -0.4 is 0 Å². The number of carboxylic acids is 1. The zero-order valence-corrected chi connectivity index (χ0v) is 12.3.